The van der Waals surface area contributed by atoms with Gasteiger partial charge < -0.3 is 20.1 Å². The lowest BCUT2D eigenvalue weighted by Gasteiger charge is -2.21. The van der Waals surface area contributed by atoms with Crippen LogP contribution in [0.3, 0.4) is 0 Å². The average molecular weight is 476 g/mol. The van der Waals surface area contributed by atoms with Gasteiger partial charge in [-0.1, -0.05) is 51.0 Å². The lowest BCUT2D eigenvalue weighted by molar-refractivity contribution is 0.120. The van der Waals surface area contributed by atoms with Gasteiger partial charge in [0.1, 0.15) is 0 Å². The summed E-state index contributed by atoms with van der Waals surface area (Å²) in [5.74, 6) is -0.127. The SMILES string of the molecule is CCCCC(C)[C@H](O)/C=C/[C@@H]1[C@@H](C/C=C\CCCCOC(=O)NS(C)(=O)=O)[C@@H](O)C[C@H]1O. The van der Waals surface area contributed by atoms with Gasteiger partial charge in [0.05, 0.1) is 31.2 Å². The van der Waals surface area contributed by atoms with E-state index >= 15 is 0 Å². The van der Waals surface area contributed by atoms with Gasteiger partial charge in [-0.3, -0.25) is 0 Å². The van der Waals surface area contributed by atoms with Gasteiger partial charge in [-0.05, 0) is 43.9 Å². The van der Waals surface area contributed by atoms with Gasteiger partial charge in [0.2, 0.25) is 10.0 Å². The standard InChI is InChI=1S/C23H41NO7S/c1-4-5-11-17(2)20(25)14-13-19-18(21(26)16-22(19)27)12-9-7-6-8-10-15-31-23(28)24-32(3,29)30/h7,9,13-14,17-22,25-27H,4-6,8,10-12,15-16H2,1-3H3,(H,24,28)/b9-7-,14-13+/t17?,18-,19-,20-,21+,22-/m1/s1. The number of carbonyl (C=O) groups is 1. The minimum absolute atomic E-state index is 0.0985. The van der Waals surface area contributed by atoms with Crippen molar-refractivity contribution in [3.05, 3.63) is 24.3 Å². The quantitative estimate of drug-likeness (QED) is 0.224. The van der Waals surface area contributed by atoms with Crippen LogP contribution in [0, 0.1) is 17.8 Å². The van der Waals surface area contributed by atoms with Crippen LogP contribution < -0.4 is 4.72 Å². The highest BCUT2D eigenvalue weighted by atomic mass is 32.2. The maximum Gasteiger partial charge on any atom is 0.420 e. The molecule has 6 atom stereocenters. The third kappa shape index (κ3) is 11.4. The second-order valence-corrected chi connectivity index (χ2v) is 10.6. The molecular weight excluding hydrogens is 434 g/mol. The Hall–Kier alpha value is -1.42. The Morgan fingerprint density at radius 2 is 1.91 bits per heavy atom. The van der Waals surface area contributed by atoms with Crippen molar-refractivity contribution < 1.29 is 33.3 Å². The number of aliphatic hydroxyl groups excluding tert-OH is 3. The number of nitrogens with one attached hydrogen (secondary N) is 1. The monoisotopic (exact) mass is 475 g/mol. The van der Waals surface area contributed by atoms with Gasteiger partial charge in [-0.2, -0.15) is 0 Å². The van der Waals surface area contributed by atoms with Crippen LogP contribution in [0.1, 0.15) is 65.2 Å². The van der Waals surface area contributed by atoms with E-state index < -0.39 is 34.4 Å². The third-order valence-electron chi connectivity index (χ3n) is 5.88. The molecule has 1 saturated carbocycles. The number of aliphatic hydroxyl groups is 3. The fourth-order valence-electron chi connectivity index (χ4n) is 3.92. The molecule has 1 rings (SSSR count). The Kier molecular flexibility index (Phi) is 13.1. The number of unbranched alkanes of at least 4 members (excludes halogenated alkanes) is 3. The molecule has 0 spiro atoms. The first-order valence-corrected chi connectivity index (χ1v) is 13.5. The molecule has 186 valence electrons. The minimum atomic E-state index is -3.61. The average Bonchev–Trinajstić information content (AvgIpc) is 2.97. The summed E-state index contributed by atoms with van der Waals surface area (Å²) >= 11 is 0. The van der Waals surface area contributed by atoms with E-state index in [1.54, 1.807) is 10.8 Å². The Balaban J connectivity index is 2.38. The number of hydrogen-bond donors (Lipinski definition) is 4. The molecule has 1 aliphatic rings. The lowest BCUT2D eigenvalue weighted by Crippen LogP contribution is -2.30. The van der Waals surface area contributed by atoms with Crippen molar-refractivity contribution >= 4 is 16.1 Å². The highest BCUT2D eigenvalue weighted by Crippen LogP contribution is 2.36. The molecule has 1 aliphatic carbocycles. The van der Waals surface area contributed by atoms with E-state index in [2.05, 4.69) is 6.92 Å². The van der Waals surface area contributed by atoms with Crippen LogP contribution in [-0.2, 0) is 14.8 Å². The molecule has 1 amide bonds. The minimum Gasteiger partial charge on any atom is -0.449 e. The van der Waals surface area contributed by atoms with Crippen LogP contribution in [0.5, 0.6) is 0 Å². The maximum absolute atomic E-state index is 11.2. The van der Waals surface area contributed by atoms with E-state index in [4.69, 9.17) is 4.74 Å². The molecule has 0 aromatic carbocycles. The van der Waals surface area contributed by atoms with E-state index in [1.807, 2.05) is 25.2 Å². The molecule has 9 heteroatoms. The second-order valence-electron chi connectivity index (χ2n) is 8.82. The largest absolute Gasteiger partial charge is 0.449 e. The van der Waals surface area contributed by atoms with E-state index in [0.29, 0.717) is 19.3 Å². The van der Waals surface area contributed by atoms with E-state index in [9.17, 15) is 28.5 Å². The zero-order valence-corrected chi connectivity index (χ0v) is 20.3. The zero-order valence-electron chi connectivity index (χ0n) is 19.5. The summed E-state index contributed by atoms with van der Waals surface area (Å²) in [6.07, 6.45) is 12.0. The van der Waals surface area contributed by atoms with Crippen molar-refractivity contribution in [1.82, 2.24) is 4.72 Å². The Bertz CT molecular complexity index is 707. The van der Waals surface area contributed by atoms with Gasteiger partial charge >= 0.3 is 6.09 Å². The summed E-state index contributed by atoms with van der Waals surface area (Å²) in [7, 11) is -3.61. The van der Waals surface area contributed by atoms with Crippen LogP contribution in [0.4, 0.5) is 4.79 Å². The first-order valence-electron chi connectivity index (χ1n) is 11.6. The second kappa shape index (κ2) is 14.7. The van der Waals surface area contributed by atoms with Crippen LogP contribution in [-0.4, -0.2) is 61.0 Å². The summed E-state index contributed by atoms with van der Waals surface area (Å²) in [5, 5.41) is 31.0. The molecule has 1 fully saturated rings. The molecule has 0 aromatic heterocycles. The van der Waals surface area contributed by atoms with Crippen molar-refractivity contribution in [3.63, 3.8) is 0 Å². The number of sulfonamides is 1. The van der Waals surface area contributed by atoms with Gasteiger partial charge in [-0.25, -0.2) is 17.9 Å². The fraction of sp³-hybridized carbons (Fsp3) is 0.783. The summed E-state index contributed by atoms with van der Waals surface area (Å²) in [6, 6.07) is 0. The van der Waals surface area contributed by atoms with Crippen LogP contribution >= 0.6 is 0 Å². The lowest BCUT2D eigenvalue weighted by atomic mass is 9.88. The fourth-order valence-corrected chi connectivity index (χ4v) is 4.28. The molecule has 0 radical (unpaired) electrons. The Labute approximate surface area is 192 Å². The smallest absolute Gasteiger partial charge is 0.420 e. The number of rotatable bonds is 14. The summed E-state index contributed by atoms with van der Waals surface area (Å²) in [6.45, 7) is 4.28. The number of ether oxygens (including phenoxy) is 1. The van der Waals surface area contributed by atoms with Crippen LogP contribution in [0.25, 0.3) is 0 Å². The summed E-state index contributed by atoms with van der Waals surface area (Å²) < 4.78 is 28.3. The van der Waals surface area contributed by atoms with Crippen molar-refractivity contribution in [2.24, 2.45) is 17.8 Å². The van der Waals surface area contributed by atoms with E-state index in [0.717, 1.165) is 38.4 Å². The van der Waals surface area contributed by atoms with E-state index in [1.165, 1.54) is 0 Å². The molecule has 32 heavy (non-hydrogen) atoms. The molecular formula is C23H41NO7S. The number of allylic oxidation sites excluding steroid dienone is 2. The van der Waals surface area contributed by atoms with Gasteiger partial charge in [0.15, 0.2) is 0 Å². The number of hydrogen-bond acceptors (Lipinski definition) is 7. The molecule has 8 nitrogen and oxygen atoms in total. The zero-order chi connectivity index (χ0) is 24.1. The predicted molar refractivity (Wildman–Crippen MR) is 124 cm³/mol. The summed E-state index contributed by atoms with van der Waals surface area (Å²) in [4.78, 5) is 11.2. The highest BCUT2D eigenvalue weighted by Gasteiger charge is 2.39. The predicted octanol–water partition coefficient (Wildman–Crippen LogP) is 2.89. The van der Waals surface area contributed by atoms with E-state index in [-0.39, 0.29) is 24.4 Å². The first-order chi connectivity index (χ1) is 15.0. The highest BCUT2D eigenvalue weighted by molar-refractivity contribution is 7.89. The summed E-state index contributed by atoms with van der Waals surface area (Å²) in [5.41, 5.74) is 0. The van der Waals surface area contributed by atoms with Crippen molar-refractivity contribution in [2.45, 2.75) is 83.5 Å². The molecule has 0 aliphatic heterocycles. The molecule has 0 saturated heterocycles. The topological polar surface area (TPSA) is 133 Å². The van der Waals surface area contributed by atoms with Gasteiger partial charge in [-0.15, -0.1) is 0 Å². The first kappa shape index (κ1) is 28.6. The maximum atomic E-state index is 11.2. The van der Waals surface area contributed by atoms with Gasteiger partial charge in [0, 0.05) is 12.3 Å². The molecule has 0 aromatic rings. The molecule has 1 unspecified atom stereocenters. The van der Waals surface area contributed by atoms with Crippen molar-refractivity contribution in [3.8, 4) is 0 Å². The molecule has 0 bridgehead atoms. The Morgan fingerprint density at radius 3 is 2.56 bits per heavy atom. The molecule has 4 N–H and O–H groups in total. The number of amides is 1. The Morgan fingerprint density at radius 1 is 1.19 bits per heavy atom. The van der Waals surface area contributed by atoms with Crippen LogP contribution in [0.2, 0.25) is 0 Å². The third-order valence-corrected chi connectivity index (χ3v) is 6.42. The van der Waals surface area contributed by atoms with Crippen molar-refractivity contribution in [2.75, 3.05) is 12.9 Å². The molecule has 0 heterocycles. The van der Waals surface area contributed by atoms with Crippen molar-refractivity contribution in [1.29, 1.82) is 0 Å². The van der Waals surface area contributed by atoms with Crippen LogP contribution in [0.15, 0.2) is 24.3 Å². The van der Waals surface area contributed by atoms with Gasteiger partial charge in [0.25, 0.3) is 0 Å². The number of carbonyl (C=O) groups excluding carboxylic acids is 1. The normalized spacial score (nSPS) is 25.9.